The quantitative estimate of drug-likeness (QED) is 0.421. The zero-order valence-electron chi connectivity index (χ0n) is 5.44. The molecule has 0 unspecified atom stereocenters. The highest BCUT2D eigenvalue weighted by molar-refractivity contribution is 6.05. The predicted octanol–water partition coefficient (Wildman–Crippen LogP) is 0.763. The Kier molecular flexibility index (Phi) is 4.25. The Bertz CT molecular complexity index is 151. The molecule has 0 aromatic carbocycles. The maximum absolute atomic E-state index is 6.95. The molecule has 0 aromatic rings. The van der Waals surface area contributed by atoms with Crippen molar-refractivity contribution in [1.29, 1.82) is 5.41 Å². The lowest BCUT2D eigenvalue weighted by Crippen LogP contribution is -2.02. The smallest absolute Gasteiger partial charge is 0.105 e. The Morgan fingerprint density at radius 1 is 1.89 bits per heavy atom. The molecule has 0 aromatic heterocycles. The molecule has 0 fully saturated rings. The van der Waals surface area contributed by atoms with Gasteiger partial charge in [0, 0.05) is 6.54 Å². The largest absolute Gasteiger partial charge is 0.391 e. The molecule has 0 saturated heterocycles. The molecule has 48 valence electrons. The van der Waals surface area contributed by atoms with Gasteiger partial charge in [-0.15, -0.1) is 6.42 Å². The van der Waals surface area contributed by atoms with Crippen molar-refractivity contribution in [2.24, 2.45) is 0 Å². The van der Waals surface area contributed by atoms with Crippen molar-refractivity contribution in [3.05, 3.63) is 12.3 Å². The highest BCUT2D eigenvalue weighted by atomic mass is 14.8. The van der Waals surface area contributed by atoms with E-state index in [9.17, 15) is 0 Å². The van der Waals surface area contributed by atoms with E-state index in [4.69, 9.17) is 11.8 Å². The third-order valence-corrected chi connectivity index (χ3v) is 0.727. The average Bonchev–Trinajstić information content (AvgIpc) is 1.89. The lowest BCUT2D eigenvalue weighted by molar-refractivity contribution is 0.920. The van der Waals surface area contributed by atoms with Gasteiger partial charge in [-0.2, -0.15) is 0 Å². The molecule has 0 radical (unpaired) electrons. The summed E-state index contributed by atoms with van der Waals surface area (Å²) in [5.74, 6) is 2.18. The van der Waals surface area contributed by atoms with Gasteiger partial charge in [0.1, 0.15) is 5.71 Å². The van der Waals surface area contributed by atoms with Crippen molar-refractivity contribution in [1.82, 2.24) is 5.32 Å². The molecule has 0 heterocycles. The molecule has 0 bridgehead atoms. The van der Waals surface area contributed by atoms with Crippen LogP contribution >= 0.6 is 0 Å². The second-order valence-electron chi connectivity index (χ2n) is 1.45. The number of allylic oxidation sites excluding steroid dienone is 1. The minimum absolute atomic E-state index is 0.191. The van der Waals surface area contributed by atoms with Gasteiger partial charge in [-0.1, -0.05) is 5.92 Å². The second-order valence-corrected chi connectivity index (χ2v) is 1.45. The van der Waals surface area contributed by atoms with E-state index in [1.54, 1.807) is 12.3 Å². The summed E-state index contributed by atoms with van der Waals surface area (Å²) in [6, 6.07) is 0. The first kappa shape index (κ1) is 7.77. The summed E-state index contributed by atoms with van der Waals surface area (Å²) in [7, 11) is 0. The number of terminal acetylenes is 1. The molecule has 2 N–H and O–H groups in total. The van der Waals surface area contributed by atoms with Gasteiger partial charge in [-0.25, -0.2) is 0 Å². The fourth-order valence-corrected chi connectivity index (χ4v) is 0.308. The van der Waals surface area contributed by atoms with Gasteiger partial charge in [0.15, 0.2) is 0 Å². The van der Waals surface area contributed by atoms with E-state index in [2.05, 4.69) is 11.2 Å². The first-order chi connectivity index (χ1) is 4.31. The molecule has 2 nitrogen and oxygen atoms in total. The third-order valence-electron chi connectivity index (χ3n) is 0.727. The lowest BCUT2D eigenvalue weighted by Gasteiger charge is -1.88. The van der Waals surface area contributed by atoms with E-state index in [-0.39, 0.29) is 5.71 Å². The Balaban J connectivity index is 3.48. The third kappa shape index (κ3) is 4.63. The van der Waals surface area contributed by atoms with Crippen LogP contribution in [0.2, 0.25) is 0 Å². The molecule has 0 amide bonds. The van der Waals surface area contributed by atoms with Crippen LogP contribution < -0.4 is 5.32 Å². The molecule has 0 aliphatic carbocycles. The Labute approximate surface area is 55.5 Å². The molecule has 0 atom stereocenters. The Morgan fingerprint density at radius 2 is 2.56 bits per heavy atom. The molecular formula is C7H10N2. The van der Waals surface area contributed by atoms with Crippen LogP contribution in [0.15, 0.2) is 12.3 Å². The zero-order valence-corrected chi connectivity index (χ0v) is 5.44. The van der Waals surface area contributed by atoms with E-state index in [0.717, 1.165) is 6.54 Å². The van der Waals surface area contributed by atoms with Crippen molar-refractivity contribution in [3.63, 3.8) is 0 Å². The van der Waals surface area contributed by atoms with E-state index in [1.165, 1.54) is 0 Å². The number of hydrogen-bond acceptors (Lipinski definition) is 2. The normalized spacial score (nSPS) is 8.89. The summed E-state index contributed by atoms with van der Waals surface area (Å²) in [4.78, 5) is 0. The van der Waals surface area contributed by atoms with Crippen LogP contribution in [-0.2, 0) is 0 Å². The molecular weight excluding hydrogens is 112 g/mol. The van der Waals surface area contributed by atoms with Crippen molar-refractivity contribution in [3.8, 4) is 12.3 Å². The lowest BCUT2D eigenvalue weighted by atomic mass is 10.4. The van der Waals surface area contributed by atoms with Crippen LogP contribution in [0.4, 0.5) is 0 Å². The van der Waals surface area contributed by atoms with Crippen LogP contribution in [0.3, 0.4) is 0 Å². The van der Waals surface area contributed by atoms with Gasteiger partial charge >= 0.3 is 0 Å². The van der Waals surface area contributed by atoms with E-state index in [1.807, 2.05) is 6.92 Å². The maximum atomic E-state index is 6.95. The van der Waals surface area contributed by atoms with Gasteiger partial charge in [0.05, 0.1) is 0 Å². The molecule has 0 aliphatic heterocycles. The summed E-state index contributed by atoms with van der Waals surface area (Å²) < 4.78 is 0. The molecule has 0 saturated carbocycles. The summed E-state index contributed by atoms with van der Waals surface area (Å²) in [6.07, 6.45) is 8.11. The van der Waals surface area contributed by atoms with Gasteiger partial charge in [0.2, 0.25) is 0 Å². The fraction of sp³-hybridized carbons (Fsp3) is 0.286. The average molecular weight is 122 g/mol. The van der Waals surface area contributed by atoms with Crippen molar-refractivity contribution in [2.75, 3.05) is 6.54 Å². The summed E-state index contributed by atoms with van der Waals surface area (Å²) in [5, 5.41) is 9.85. The number of hydrogen-bond donors (Lipinski definition) is 2. The molecule has 9 heavy (non-hydrogen) atoms. The second kappa shape index (κ2) is 4.92. The zero-order chi connectivity index (χ0) is 7.11. The highest BCUT2D eigenvalue weighted by Crippen LogP contribution is 1.70. The van der Waals surface area contributed by atoms with Gasteiger partial charge in [0.25, 0.3) is 0 Å². The fourth-order valence-electron chi connectivity index (χ4n) is 0.308. The molecule has 0 aliphatic rings. The monoisotopic (exact) mass is 122 g/mol. The van der Waals surface area contributed by atoms with Crippen molar-refractivity contribution >= 4 is 5.71 Å². The minimum Gasteiger partial charge on any atom is -0.391 e. The van der Waals surface area contributed by atoms with Crippen molar-refractivity contribution in [2.45, 2.75) is 6.92 Å². The van der Waals surface area contributed by atoms with Crippen LogP contribution in [0.25, 0.3) is 0 Å². The summed E-state index contributed by atoms with van der Waals surface area (Å²) in [5.41, 5.74) is 0.191. The first-order valence-electron chi connectivity index (χ1n) is 2.76. The maximum Gasteiger partial charge on any atom is 0.105 e. The summed E-state index contributed by atoms with van der Waals surface area (Å²) >= 11 is 0. The van der Waals surface area contributed by atoms with Gasteiger partial charge in [-0.05, 0) is 19.2 Å². The topological polar surface area (TPSA) is 35.9 Å². The van der Waals surface area contributed by atoms with Crippen LogP contribution in [0.1, 0.15) is 6.92 Å². The predicted molar refractivity (Wildman–Crippen MR) is 39.4 cm³/mol. The van der Waals surface area contributed by atoms with Gasteiger partial charge < -0.3 is 5.32 Å². The van der Waals surface area contributed by atoms with Gasteiger partial charge in [-0.3, -0.25) is 5.41 Å². The van der Waals surface area contributed by atoms with E-state index < -0.39 is 0 Å². The Morgan fingerprint density at radius 3 is 3.00 bits per heavy atom. The number of rotatable bonds is 3. The molecule has 0 spiro atoms. The highest BCUT2D eigenvalue weighted by Gasteiger charge is 1.76. The standard InChI is InChI=1S/C7H10N2/c1-3-7(8)5-6-9-4-2/h1,5-6,8-9H,4H2,2H3/b6-5-,8-7?. The van der Waals surface area contributed by atoms with Crippen LogP contribution in [-0.4, -0.2) is 12.3 Å². The Hall–Kier alpha value is -1.23. The van der Waals surface area contributed by atoms with E-state index >= 15 is 0 Å². The number of nitrogens with one attached hydrogen (secondary N) is 2. The van der Waals surface area contributed by atoms with E-state index in [0.29, 0.717) is 0 Å². The molecule has 0 rings (SSSR count). The summed E-state index contributed by atoms with van der Waals surface area (Å²) in [6.45, 7) is 2.83. The van der Waals surface area contributed by atoms with Crippen LogP contribution in [0.5, 0.6) is 0 Å². The minimum atomic E-state index is 0.191. The van der Waals surface area contributed by atoms with Crippen molar-refractivity contribution < 1.29 is 0 Å². The SMILES string of the molecule is C#CC(=N)/C=C\NCC. The molecule has 2 heteroatoms. The first-order valence-corrected chi connectivity index (χ1v) is 2.76. The van der Waals surface area contributed by atoms with Crippen LogP contribution in [0, 0.1) is 17.8 Å².